The van der Waals surface area contributed by atoms with Gasteiger partial charge in [0.25, 0.3) is 0 Å². The number of carbonyl (C=O) groups excluding carboxylic acids is 2. The van der Waals surface area contributed by atoms with Gasteiger partial charge >= 0.3 is 12.2 Å². The standard InChI is InChI=1S/C20H30Cl2N2O4/c21-13-11-15-23-19(25)27-17-9-7-5-3-1-2-4-6-8-10-18-28-20(26)24-16-12-14-22/h5-18H2,(H,23,25)(H,24,26). The molecule has 0 aromatic rings. The average molecular weight is 433 g/mol. The van der Waals surface area contributed by atoms with Crippen molar-refractivity contribution in [3.05, 3.63) is 0 Å². The van der Waals surface area contributed by atoms with Gasteiger partial charge in [-0.3, -0.25) is 0 Å². The van der Waals surface area contributed by atoms with Gasteiger partial charge in [0.2, 0.25) is 0 Å². The number of unbranched alkanes of at least 4 members (excludes halogenated alkanes) is 4. The van der Waals surface area contributed by atoms with Crippen molar-refractivity contribution in [2.75, 3.05) is 38.1 Å². The Morgan fingerprint density at radius 2 is 1.11 bits per heavy atom. The molecule has 2 N–H and O–H groups in total. The normalized spacial score (nSPS) is 9.36. The van der Waals surface area contributed by atoms with Gasteiger partial charge in [-0.15, -0.1) is 23.2 Å². The predicted octanol–water partition coefficient (Wildman–Crippen LogP) is 4.04. The van der Waals surface area contributed by atoms with E-state index >= 15 is 0 Å². The Morgan fingerprint density at radius 1 is 0.679 bits per heavy atom. The van der Waals surface area contributed by atoms with Crippen LogP contribution in [0.25, 0.3) is 0 Å². The van der Waals surface area contributed by atoms with Crippen molar-refractivity contribution in [2.24, 2.45) is 0 Å². The number of alkyl carbamates (subject to hydrolysis) is 2. The third-order valence-electron chi connectivity index (χ3n) is 3.26. The Kier molecular flexibility index (Phi) is 20.2. The minimum Gasteiger partial charge on any atom is -0.450 e. The van der Waals surface area contributed by atoms with Gasteiger partial charge in [0.05, 0.1) is 13.2 Å². The van der Waals surface area contributed by atoms with Crippen LogP contribution in [0, 0.1) is 23.7 Å². The fourth-order valence-corrected chi connectivity index (χ4v) is 2.06. The van der Waals surface area contributed by atoms with Crippen LogP contribution in [-0.4, -0.2) is 50.2 Å². The lowest BCUT2D eigenvalue weighted by Crippen LogP contribution is -2.25. The third kappa shape index (κ3) is 20.6. The SMILES string of the molecule is O=C(NCCCCl)OCCCCC#CC#CCCCCOC(=O)NCCCCl. The Labute approximate surface area is 178 Å². The molecule has 0 spiro atoms. The van der Waals surface area contributed by atoms with E-state index < -0.39 is 12.2 Å². The Morgan fingerprint density at radius 3 is 1.50 bits per heavy atom. The van der Waals surface area contributed by atoms with E-state index in [2.05, 4.69) is 34.3 Å². The van der Waals surface area contributed by atoms with Crippen LogP contribution in [0.5, 0.6) is 0 Å². The highest BCUT2D eigenvalue weighted by atomic mass is 35.5. The molecule has 0 fully saturated rings. The van der Waals surface area contributed by atoms with Gasteiger partial charge in [-0.2, -0.15) is 0 Å². The molecule has 0 aliphatic rings. The zero-order valence-corrected chi connectivity index (χ0v) is 17.8. The van der Waals surface area contributed by atoms with Gasteiger partial charge in [0, 0.05) is 37.7 Å². The molecule has 0 radical (unpaired) electrons. The molecule has 0 rings (SSSR count). The van der Waals surface area contributed by atoms with Crippen LogP contribution in [0.4, 0.5) is 9.59 Å². The molecule has 0 saturated carbocycles. The summed E-state index contributed by atoms with van der Waals surface area (Å²) in [4.78, 5) is 22.5. The molecule has 6 nitrogen and oxygen atoms in total. The number of alkyl halides is 2. The summed E-state index contributed by atoms with van der Waals surface area (Å²) in [6, 6.07) is 0. The van der Waals surface area contributed by atoms with E-state index in [1.54, 1.807) is 0 Å². The molecule has 0 saturated heterocycles. The van der Waals surface area contributed by atoms with E-state index in [1.807, 2.05) is 0 Å². The number of carbonyl (C=O) groups is 2. The summed E-state index contributed by atoms with van der Waals surface area (Å²) < 4.78 is 10.0. The monoisotopic (exact) mass is 432 g/mol. The number of ether oxygens (including phenoxy) is 2. The zero-order valence-electron chi connectivity index (χ0n) is 16.3. The van der Waals surface area contributed by atoms with Gasteiger partial charge in [-0.05, 0) is 50.4 Å². The fraction of sp³-hybridized carbons (Fsp3) is 0.700. The Hall–Kier alpha value is -1.76. The van der Waals surface area contributed by atoms with E-state index in [0.717, 1.165) is 51.4 Å². The first-order chi connectivity index (χ1) is 13.7. The lowest BCUT2D eigenvalue weighted by Gasteiger charge is -2.05. The summed E-state index contributed by atoms with van der Waals surface area (Å²) in [6.45, 7) is 1.83. The number of hydrogen-bond acceptors (Lipinski definition) is 4. The molecular formula is C20H30Cl2N2O4. The van der Waals surface area contributed by atoms with Crippen LogP contribution >= 0.6 is 23.2 Å². The maximum atomic E-state index is 11.3. The second-order valence-corrected chi connectivity index (χ2v) is 6.48. The second-order valence-electron chi connectivity index (χ2n) is 5.73. The lowest BCUT2D eigenvalue weighted by molar-refractivity contribution is 0.143. The topological polar surface area (TPSA) is 76.7 Å². The molecule has 158 valence electrons. The molecule has 0 heterocycles. The quantitative estimate of drug-likeness (QED) is 0.246. The van der Waals surface area contributed by atoms with Gasteiger partial charge in [-0.1, -0.05) is 11.8 Å². The molecule has 8 heteroatoms. The first-order valence-corrected chi connectivity index (χ1v) is 10.7. The number of rotatable bonds is 14. The fourth-order valence-electron chi connectivity index (χ4n) is 1.79. The van der Waals surface area contributed by atoms with Crippen molar-refractivity contribution in [3.63, 3.8) is 0 Å². The van der Waals surface area contributed by atoms with Gasteiger partial charge < -0.3 is 20.1 Å². The molecule has 0 bridgehead atoms. The maximum Gasteiger partial charge on any atom is 0.407 e. The van der Waals surface area contributed by atoms with Crippen LogP contribution in [-0.2, 0) is 9.47 Å². The molecule has 0 atom stereocenters. The Bertz CT molecular complexity index is 488. The summed E-state index contributed by atoms with van der Waals surface area (Å²) in [7, 11) is 0. The highest BCUT2D eigenvalue weighted by Gasteiger charge is 2.00. The molecule has 0 aliphatic carbocycles. The minimum atomic E-state index is -0.403. The van der Waals surface area contributed by atoms with Crippen LogP contribution in [0.3, 0.4) is 0 Å². The molecule has 2 amide bonds. The van der Waals surface area contributed by atoms with Crippen LogP contribution in [0.1, 0.15) is 51.4 Å². The number of halogens is 2. The van der Waals surface area contributed by atoms with Crippen LogP contribution < -0.4 is 10.6 Å². The third-order valence-corrected chi connectivity index (χ3v) is 3.79. The van der Waals surface area contributed by atoms with E-state index in [4.69, 9.17) is 32.7 Å². The van der Waals surface area contributed by atoms with Crippen molar-refractivity contribution in [1.82, 2.24) is 10.6 Å². The van der Waals surface area contributed by atoms with Crippen molar-refractivity contribution in [1.29, 1.82) is 0 Å². The molecule has 0 aromatic heterocycles. The van der Waals surface area contributed by atoms with E-state index in [0.29, 0.717) is 38.1 Å². The second kappa shape index (κ2) is 21.5. The van der Waals surface area contributed by atoms with Crippen molar-refractivity contribution in [3.8, 4) is 23.7 Å². The summed E-state index contributed by atoms with van der Waals surface area (Å²) in [6.07, 6.45) is 5.34. The Balaban J connectivity index is 3.44. The number of hydrogen-bond donors (Lipinski definition) is 2. The summed E-state index contributed by atoms with van der Waals surface area (Å²) in [5, 5.41) is 5.24. The van der Waals surface area contributed by atoms with Gasteiger partial charge in [0.15, 0.2) is 0 Å². The maximum absolute atomic E-state index is 11.3. The van der Waals surface area contributed by atoms with Crippen molar-refractivity contribution in [2.45, 2.75) is 51.4 Å². The summed E-state index contributed by atoms with van der Waals surface area (Å²) in [5.41, 5.74) is 0. The molecule has 0 aliphatic heterocycles. The predicted molar refractivity (Wildman–Crippen MR) is 113 cm³/mol. The van der Waals surface area contributed by atoms with Crippen molar-refractivity contribution >= 4 is 35.4 Å². The lowest BCUT2D eigenvalue weighted by atomic mass is 10.2. The van der Waals surface area contributed by atoms with Crippen LogP contribution in [0.2, 0.25) is 0 Å². The van der Waals surface area contributed by atoms with E-state index in [1.165, 1.54) is 0 Å². The van der Waals surface area contributed by atoms with Crippen LogP contribution in [0.15, 0.2) is 0 Å². The van der Waals surface area contributed by atoms with Gasteiger partial charge in [0.1, 0.15) is 0 Å². The number of nitrogens with one attached hydrogen (secondary N) is 2. The molecule has 0 unspecified atom stereocenters. The number of amides is 2. The molecule has 0 aromatic carbocycles. The van der Waals surface area contributed by atoms with E-state index in [9.17, 15) is 9.59 Å². The zero-order chi connectivity index (χ0) is 20.7. The summed E-state index contributed by atoms with van der Waals surface area (Å²) in [5.74, 6) is 12.6. The van der Waals surface area contributed by atoms with E-state index in [-0.39, 0.29) is 0 Å². The highest BCUT2D eigenvalue weighted by Crippen LogP contribution is 1.96. The largest absolute Gasteiger partial charge is 0.450 e. The minimum absolute atomic E-state index is 0.382. The first kappa shape index (κ1) is 26.2. The molecule has 28 heavy (non-hydrogen) atoms. The smallest absolute Gasteiger partial charge is 0.407 e. The van der Waals surface area contributed by atoms with Gasteiger partial charge in [-0.25, -0.2) is 9.59 Å². The summed E-state index contributed by atoms with van der Waals surface area (Å²) >= 11 is 11.0. The first-order valence-electron chi connectivity index (χ1n) is 9.59. The highest BCUT2D eigenvalue weighted by molar-refractivity contribution is 6.18. The van der Waals surface area contributed by atoms with Crippen molar-refractivity contribution < 1.29 is 19.1 Å². The average Bonchev–Trinajstić information content (AvgIpc) is 2.68. The molecular weight excluding hydrogens is 403 g/mol.